The van der Waals surface area contributed by atoms with E-state index in [1.54, 1.807) is 0 Å². The van der Waals surface area contributed by atoms with Gasteiger partial charge in [-0.05, 0) is 37.5 Å². The molecule has 0 aliphatic rings. The van der Waals surface area contributed by atoms with E-state index in [0.29, 0.717) is 12.8 Å². The SMILES string of the molecule is CCCCCCCCCCCC([O-])=N[C@@H](CSSC[C@H](N=C([O-])CCCCCCCCCCC)C(=O)O)C(=O)O.[Na+].[Na+]. The van der Waals surface area contributed by atoms with Gasteiger partial charge in [-0.2, -0.15) is 0 Å². The summed E-state index contributed by atoms with van der Waals surface area (Å²) in [7, 11) is 2.27. The van der Waals surface area contributed by atoms with Gasteiger partial charge in [0.1, 0.15) is 0 Å². The van der Waals surface area contributed by atoms with Gasteiger partial charge in [0.25, 0.3) is 0 Å². The van der Waals surface area contributed by atoms with Crippen LogP contribution >= 0.6 is 21.6 Å². The molecule has 0 fully saturated rings. The van der Waals surface area contributed by atoms with Crippen molar-refractivity contribution in [2.45, 2.75) is 154 Å². The quantitative estimate of drug-likeness (QED) is 0.0395. The van der Waals surface area contributed by atoms with Crippen molar-refractivity contribution in [2.24, 2.45) is 9.98 Å². The first kappa shape index (κ1) is 47.0. The molecule has 0 aliphatic heterocycles. The average molecular weight is 649 g/mol. The number of unbranched alkanes of at least 4 members (excludes halogenated alkanes) is 16. The molecule has 0 spiro atoms. The molecule has 8 nitrogen and oxygen atoms in total. The van der Waals surface area contributed by atoms with Crippen LogP contribution in [0.4, 0.5) is 0 Å². The Bertz CT molecular complexity index is 659. The van der Waals surface area contributed by atoms with Crippen LogP contribution in [-0.2, 0) is 9.59 Å². The fraction of sp³-hybridized carbons (Fsp3) is 0.867. The monoisotopic (exact) mass is 648 g/mol. The largest absolute Gasteiger partial charge is 1.00 e. The topological polar surface area (TPSA) is 145 Å². The Hall–Kier alpha value is 0.580. The second kappa shape index (κ2) is 34.5. The van der Waals surface area contributed by atoms with Gasteiger partial charge in [-0.1, -0.05) is 138 Å². The van der Waals surface area contributed by atoms with Gasteiger partial charge in [-0.25, -0.2) is 9.59 Å². The molecule has 0 aromatic carbocycles. The van der Waals surface area contributed by atoms with E-state index in [2.05, 4.69) is 23.8 Å². The van der Waals surface area contributed by atoms with E-state index in [1.807, 2.05) is 0 Å². The number of carboxylic acid groups (broad SMARTS) is 2. The van der Waals surface area contributed by atoms with Crippen LogP contribution in [-0.4, -0.2) is 57.5 Å². The summed E-state index contributed by atoms with van der Waals surface area (Å²) in [5, 5.41) is 43.1. The summed E-state index contributed by atoms with van der Waals surface area (Å²) in [6.45, 7) is 4.40. The number of hydrogen-bond acceptors (Lipinski definition) is 8. The van der Waals surface area contributed by atoms with Gasteiger partial charge in [-0.15, -0.1) is 0 Å². The molecule has 2 N–H and O–H groups in total. The normalized spacial score (nSPS) is 13.2. The van der Waals surface area contributed by atoms with Crippen LogP contribution in [0, 0.1) is 0 Å². The minimum atomic E-state index is -1.18. The summed E-state index contributed by atoms with van der Waals surface area (Å²) < 4.78 is 0. The van der Waals surface area contributed by atoms with E-state index >= 15 is 0 Å². The first-order valence-corrected chi connectivity index (χ1v) is 18.0. The van der Waals surface area contributed by atoms with E-state index in [0.717, 1.165) is 60.1 Å². The number of aliphatic carboxylic acids is 2. The van der Waals surface area contributed by atoms with Gasteiger partial charge in [0, 0.05) is 11.5 Å². The zero-order valence-corrected chi connectivity index (χ0v) is 32.6. The summed E-state index contributed by atoms with van der Waals surface area (Å²) >= 11 is 0. The van der Waals surface area contributed by atoms with Gasteiger partial charge < -0.3 is 20.4 Å². The molecular formula is C30H54N2Na2O6S2. The minimum absolute atomic E-state index is 0. The molecule has 0 unspecified atom stereocenters. The van der Waals surface area contributed by atoms with Crippen LogP contribution in [0.2, 0.25) is 0 Å². The third-order valence-electron chi connectivity index (χ3n) is 6.69. The smallest absolute Gasteiger partial charge is 0.862 e. The Morgan fingerprint density at radius 3 is 1.07 bits per heavy atom. The molecule has 2 atom stereocenters. The molecule has 234 valence electrons. The molecule has 0 bridgehead atoms. The number of nitrogens with zero attached hydrogens (tertiary/aromatic N) is 2. The Morgan fingerprint density at radius 2 is 0.810 bits per heavy atom. The van der Waals surface area contributed by atoms with Crippen molar-refractivity contribution < 1.29 is 89.1 Å². The number of hydrogen-bond donors (Lipinski definition) is 2. The molecule has 0 rings (SSSR count). The Balaban J connectivity index is -0.00000760. The van der Waals surface area contributed by atoms with Crippen LogP contribution < -0.4 is 69.3 Å². The van der Waals surface area contributed by atoms with Crippen LogP contribution in [0.15, 0.2) is 9.98 Å². The standard InChI is InChI=1S/C30H56N2O6S2.2Na/c1-3-5-7-9-11-13-15-17-19-21-27(33)31-25(29(35)36)23-39-40-24-26(30(37)38)32-28(34)22-20-18-16-14-12-10-8-6-4-2;;/h25-26H,3-24H2,1-2H3,(H,31,33)(H,32,34)(H,35,36)(H,37,38);;/q;2*+1/p-2/t25-,26-;;/m0../s1. The maximum atomic E-state index is 12.1. The van der Waals surface area contributed by atoms with Crippen molar-refractivity contribution >= 4 is 45.3 Å². The number of carbonyl (C=O) groups is 2. The van der Waals surface area contributed by atoms with Crippen molar-refractivity contribution in [3.8, 4) is 0 Å². The zero-order valence-electron chi connectivity index (χ0n) is 26.9. The molecular weight excluding hydrogens is 594 g/mol. The minimum Gasteiger partial charge on any atom is -0.862 e. The van der Waals surface area contributed by atoms with Crippen LogP contribution in [0.25, 0.3) is 0 Å². The van der Waals surface area contributed by atoms with Gasteiger partial charge in [0.05, 0.1) is 0 Å². The first-order chi connectivity index (χ1) is 19.3. The Labute approximate surface area is 307 Å². The van der Waals surface area contributed by atoms with Gasteiger partial charge >= 0.3 is 71.1 Å². The predicted molar refractivity (Wildman–Crippen MR) is 166 cm³/mol. The maximum absolute atomic E-state index is 12.1. The van der Waals surface area contributed by atoms with Crippen molar-refractivity contribution in [1.29, 1.82) is 0 Å². The van der Waals surface area contributed by atoms with Gasteiger partial charge in [0.2, 0.25) is 0 Å². The third kappa shape index (κ3) is 30.6. The van der Waals surface area contributed by atoms with E-state index in [4.69, 9.17) is 0 Å². The Kier molecular flexibility index (Phi) is 38.5. The second-order valence-corrected chi connectivity index (χ2v) is 13.0. The van der Waals surface area contributed by atoms with Crippen LogP contribution in [0.3, 0.4) is 0 Å². The number of rotatable bonds is 29. The summed E-state index contributed by atoms with van der Waals surface area (Å²) in [4.78, 5) is 30.8. The average Bonchev–Trinajstić information content (AvgIpc) is 2.91. The van der Waals surface area contributed by atoms with Gasteiger partial charge in [0.15, 0.2) is 12.1 Å². The van der Waals surface area contributed by atoms with Crippen molar-refractivity contribution in [1.82, 2.24) is 0 Å². The molecule has 0 amide bonds. The maximum Gasteiger partial charge on any atom is 1.00 e. The zero-order chi connectivity index (χ0) is 29.8. The third-order valence-corrected chi connectivity index (χ3v) is 9.08. The van der Waals surface area contributed by atoms with Crippen molar-refractivity contribution in [2.75, 3.05) is 11.5 Å². The van der Waals surface area contributed by atoms with Crippen LogP contribution in [0.5, 0.6) is 0 Å². The molecule has 0 aliphatic carbocycles. The van der Waals surface area contributed by atoms with Crippen molar-refractivity contribution in [3.63, 3.8) is 0 Å². The molecule has 42 heavy (non-hydrogen) atoms. The fourth-order valence-electron chi connectivity index (χ4n) is 4.20. The fourth-order valence-corrected chi connectivity index (χ4v) is 6.44. The van der Waals surface area contributed by atoms with Gasteiger partial charge in [-0.3, -0.25) is 9.98 Å². The van der Waals surface area contributed by atoms with E-state index in [1.165, 1.54) is 64.2 Å². The second-order valence-electron chi connectivity index (χ2n) is 10.5. The summed E-state index contributed by atoms with van der Waals surface area (Å²) in [5.41, 5.74) is 0. The Morgan fingerprint density at radius 1 is 0.548 bits per heavy atom. The van der Waals surface area contributed by atoms with E-state index < -0.39 is 35.8 Å². The molecule has 0 heterocycles. The summed E-state index contributed by atoms with van der Waals surface area (Å²) in [6, 6.07) is -2.34. The number of aliphatic imine (C=N–C) groups is 2. The predicted octanol–water partition coefficient (Wildman–Crippen LogP) is 0.642. The van der Waals surface area contributed by atoms with E-state index in [9.17, 15) is 30.0 Å². The first-order valence-electron chi connectivity index (χ1n) is 15.5. The molecule has 0 saturated carbocycles. The van der Waals surface area contributed by atoms with E-state index in [-0.39, 0.29) is 83.5 Å². The van der Waals surface area contributed by atoms with Crippen molar-refractivity contribution in [3.05, 3.63) is 0 Å². The summed E-state index contributed by atoms with van der Waals surface area (Å²) in [5.74, 6) is -3.07. The number of carboxylic acids is 2. The molecule has 0 saturated heterocycles. The summed E-state index contributed by atoms with van der Waals surface area (Å²) in [6.07, 6.45) is 20.8. The molecule has 12 heteroatoms. The molecule has 0 radical (unpaired) electrons. The van der Waals surface area contributed by atoms with Crippen LogP contribution in [0.1, 0.15) is 142 Å². The molecule has 0 aromatic rings. The molecule has 0 aromatic heterocycles.